The number of hydrogen-bond donors (Lipinski definition) is 3. The van der Waals surface area contributed by atoms with Gasteiger partial charge in [-0.25, -0.2) is 0 Å². The summed E-state index contributed by atoms with van der Waals surface area (Å²) in [6.45, 7) is 4.32. The summed E-state index contributed by atoms with van der Waals surface area (Å²) in [6, 6.07) is -0.621. The van der Waals surface area contributed by atoms with Crippen LogP contribution in [0.5, 0.6) is 0 Å². The first-order chi connectivity index (χ1) is 24.2. The van der Waals surface area contributed by atoms with Crippen molar-refractivity contribution in [3.63, 3.8) is 0 Å². The molecule has 49 heavy (non-hydrogen) atoms. The minimum absolute atomic E-state index is 0.0669. The normalized spacial score (nSPS) is 13.1. The number of unbranched alkanes of at least 4 members (excludes halogenated alkanes) is 31. The molecule has 0 saturated heterocycles. The van der Waals surface area contributed by atoms with Crippen molar-refractivity contribution in [2.45, 2.75) is 251 Å². The lowest BCUT2D eigenvalue weighted by Crippen LogP contribution is -2.45. The number of aliphatic hydroxyl groups is 2. The van der Waals surface area contributed by atoms with Crippen molar-refractivity contribution in [3.05, 3.63) is 24.3 Å². The Balaban J connectivity index is 3.54. The summed E-state index contributed by atoms with van der Waals surface area (Å²) in [5.74, 6) is -0.0669. The van der Waals surface area contributed by atoms with Crippen LogP contribution in [0.25, 0.3) is 0 Å². The molecule has 0 aromatic heterocycles. The Morgan fingerprint density at radius 2 is 0.776 bits per heavy atom. The molecule has 0 spiro atoms. The lowest BCUT2D eigenvalue weighted by Gasteiger charge is -2.20. The minimum Gasteiger partial charge on any atom is -0.394 e. The highest BCUT2D eigenvalue weighted by atomic mass is 16.3. The molecule has 0 aliphatic heterocycles. The molecule has 0 aromatic carbocycles. The number of allylic oxidation sites excluding steroid dienone is 3. The Bertz CT molecular complexity index is 705. The van der Waals surface area contributed by atoms with Crippen LogP contribution < -0.4 is 5.32 Å². The van der Waals surface area contributed by atoms with Crippen LogP contribution in [0.15, 0.2) is 24.3 Å². The zero-order valence-electron chi connectivity index (χ0n) is 33.2. The van der Waals surface area contributed by atoms with E-state index < -0.39 is 12.1 Å². The van der Waals surface area contributed by atoms with Crippen LogP contribution >= 0.6 is 0 Å². The maximum Gasteiger partial charge on any atom is 0.220 e. The van der Waals surface area contributed by atoms with E-state index in [2.05, 4.69) is 31.3 Å². The van der Waals surface area contributed by atoms with E-state index in [1.54, 1.807) is 6.08 Å². The van der Waals surface area contributed by atoms with Crippen LogP contribution in [0.4, 0.5) is 0 Å². The third kappa shape index (κ3) is 37.9. The van der Waals surface area contributed by atoms with Gasteiger partial charge < -0.3 is 15.5 Å². The highest BCUT2D eigenvalue weighted by molar-refractivity contribution is 5.76. The van der Waals surface area contributed by atoms with Gasteiger partial charge in [0.2, 0.25) is 5.91 Å². The molecule has 4 nitrogen and oxygen atoms in total. The SMILES string of the molecule is CCCCCCCCCCCCCC/C=C\CCCCCCCCCC(=O)NC(CO)C(O)/C=C/CCCCCCCCCCCCCC. The van der Waals surface area contributed by atoms with Gasteiger partial charge in [0, 0.05) is 6.42 Å². The fourth-order valence-corrected chi connectivity index (χ4v) is 6.76. The molecule has 0 rings (SSSR count). The average molecular weight is 690 g/mol. The van der Waals surface area contributed by atoms with Gasteiger partial charge >= 0.3 is 0 Å². The first-order valence-corrected chi connectivity index (χ1v) is 22.1. The Morgan fingerprint density at radius 1 is 0.469 bits per heavy atom. The van der Waals surface area contributed by atoms with Gasteiger partial charge in [-0.1, -0.05) is 212 Å². The molecule has 1 amide bonds. The molecule has 0 aliphatic carbocycles. The van der Waals surface area contributed by atoms with Crippen molar-refractivity contribution in [1.29, 1.82) is 0 Å². The van der Waals surface area contributed by atoms with Crippen LogP contribution in [0.1, 0.15) is 239 Å². The van der Waals surface area contributed by atoms with Crippen molar-refractivity contribution in [2.75, 3.05) is 6.61 Å². The zero-order valence-corrected chi connectivity index (χ0v) is 33.2. The average Bonchev–Trinajstić information content (AvgIpc) is 3.10. The van der Waals surface area contributed by atoms with Crippen LogP contribution in [0.2, 0.25) is 0 Å². The van der Waals surface area contributed by atoms with Crippen LogP contribution in [0, 0.1) is 0 Å². The van der Waals surface area contributed by atoms with E-state index in [1.165, 1.54) is 193 Å². The van der Waals surface area contributed by atoms with Gasteiger partial charge in [0.25, 0.3) is 0 Å². The van der Waals surface area contributed by atoms with Crippen LogP contribution in [0.3, 0.4) is 0 Å². The second-order valence-corrected chi connectivity index (χ2v) is 15.1. The lowest BCUT2D eigenvalue weighted by molar-refractivity contribution is -0.123. The Labute approximate surface area is 307 Å². The number of hydrogen-bond acceptors (Lipinski definition) is 3. The number of carbonyl (C=O) groups is 1. The second-order valence-electron chi connectivity index (χ2n) is 15.1. The van der Waals surface area contributed by atoms with E-state index in [1.807, 2.05) is 6.08 Å². The van der Waals surface area contributed by atoms with Gasteiger partial charge in [0.15, 0.2) is 0 Å². The molecule has 0 heterocycles. The maximum atomic E-state index is 12.4. The molecular formula is C45H87NO3. The van der Waals surface area contributed by atoms with E-state index in [9.17, 15) is 15.0 Å². The smallest absolute Gasteiger partial charge is 0.220 e. The number of carbonyl (C=O) groups excluding carboxylic acids is 1. The molecule has 290 valence electrons. The Kier molecular flexibility index (Phi) is 40.3. The first kappa shape index (κ1) is 47.9. The summed E-state index contributed by atoms with van der Waals surface area (Å²) >= 11 is 0. The topological polar surface area (TPSA) is 69.6 Å². The highest BCUT2D eigenvalue weighted by Gasteiger charge is 2.17. The van der Waals surface area contributed by atoms with Crippen LogP contribution in [-0.2, 0) is 4.79 Å². The third-order valence-electron chi connectivity index (χ3n) is 10.2. The van der Waals surface area contributed by atoms with Gasteiger partial charge in [0.1, 0.15) is 0 Å². The van der Waals surface area contributed by atoms with Gasteiger partial charge in [-0.15, -0.1) is 0 Å². The summed E-state index contributed by atoms with van der Waals surface area (Å²) in [5, 5.41) is 23.0. The fourth-order valence-electron chi connectivity index (χ4n) is 6.76. The predicted octanol–water partition coefficient (Wildman–Crippen LogP) is 13.6. The molecule has 0 aromatic rings. The minimum atomic E-state index is -0.838. The molecule has 0 fully saturated rings. The van der Waals surface area contributed by atoms with Gasteiger partial charge in [-0.2, -0.15) is 0 Å². The van der Waals surface area contributed by atoms with Crippen molar-refractivity contribution in [1.82, 2.24) is 5.32 Å². The molecule has 4 heteroatoms. The number of rotatable bonds is 40. The first-order valence-electron chi connectivity index (χ1n) is 22.1. The fraction of sp³-hybridized carbons (Fsp3) is 0.889. The van der Waals surface area contributed by atoms with E-state index in [0.29, 0.717) is 6.42 Å². The predicted molar refractivity (Wildman–Crippen MR) is 216 cm³/mol. The van der Waals surface area contributed by atoms with Gasteiger partial charge in [0.05, 0.1) is 18.8 Å². The Morgan fingerprint density at radius 3 is 1.12 bits per heavy atom. The van der Waals surface area contributed by atoms with Crippen LogP contribution in [-0.4, -0.2) is 34.9 Å². The summed E-state index contributed by atoms with van der Waals surface area (Å²) in [4.78, 5) is 12.4. The van der Waals surface area contributed by atoms with Crippen molar-refractivity contribution in [3.8, 4) is 0 Å². The van der Waals surface area contributed by atoms with E-state index >= 15 is 0 Å². The van der Waals surface area contributed by atoms with E-state index in [4.69, 9.17) is 0 Å². The molecule has 2 unspecified atom stereocenters. The maximum absolute atomic E-state index is 12.4. The molecule has 0 aliphatic rings. The summed E-state index contributed by atoms with van der Waals surface area (Å²) < 4.78 is 0. The van der Waals surface area contributed by atoms with E-state index in [0.717, 1.165) is 25.7 Å². The molecule has 2 atom stereocenters. The Hall–Kier alpha value is -1.13. The van der Waals surface area contributed by atoms with Crippen molar-refractivity contribution < 1.29 is 15.0 Å². The molecule has 0 bridgehead atoms. The number of aliphatic hydroxyl groups excluding tert-OH is 2. The molecular weight excluding hydrogens is 602 g/mol. The molecule has 0 saturated carbocycles. The van der Waals surface area contributed by atoms with Crippen molar-refractivity contribution >= 4 is 5.91 Å². The largest absolute Gasteiger partial charge is 0.394 e. The number of nitrogens with one attached hydrogen (secondary N) is 1. The number of amides is 1. The standard InChI is InChI=1S/C45H87NO3/c1-3-5-7-9-11-13-15-17-19-20-21-22-23-24-25-26-27-29-31-33-35-37-39-41-45(49)46-43(42-47)44(48)40-38-36-34-32-30-28-18-16-14-12-10-8-6-4-2/h24-25,38,40,43-44,47-48H,3-23,26-37,39,41-42H2,1-2H3,(H,46,49)/b25-24-,40-38+. The quantitative estimate of drug-likeness (QED) is 0.0443. The zero-order chi connectivity index (χ0) is 35.7. The van der Waals surface area contributed by atoms with E-state index in [-0.39, 0.29) is 12.5 Å². The van der Waals surface area contributed by atoms with Crippen molar-refractivity contribution in [2.24, 2.45) is 0 Å². The third-order valence-corrected chi connectivity index (χ3v) is 10.2. The summed E-state index contributed by atoms with van der Waals surface area (Å²) in [6.07, 6.45) is 52.9. The lowest BCUT2D eigenvalue weighted by atomic mass is 10.0. The molecule has 3 N–H and O–H groups in total. The molecule has 0 radical (unpaired) electrons. The van der Waals surface area contributed by atoms with Gasteiger partial charge in [-0.05, 0) is 44.9 Å². The summed E-state index contributed by atoms with van der Waals surface area (Å²) in [7, 11) is 0. The highest BCUT2D eigenvalue weighted by Crippen LogP contribution is 2.15. The summed E-state index contributed by atoms with van der Waals surface area (Å²) in [5.41, 5.74) is 0. The second kappa shape index (κ2) is 41.3. The monoisotopic (exact) mass is 690 g/mol. The van der Waals surface area contributed by atoms with Gasteiger partial charge in [-0.3, -0.25) is 4.79 Å².